The Hall–Kier alpha value is -6.31. The third kappa shape index (κ3) is 3.85. The summed E-state index contributed by atoms with van der Waals surface area (Å²) >= 11 is 0. The Morgan fingerprint density at radius 2 is 1.13 bits per heavy atom. The molecule has 0 atom stereocenters. The van der Waals surface area contributed by atoms with Crippen molar-refractivity contribution >= 4 is 54.3 Å². The molecule has 0 radical (unpaired) electrons. The first kappa shape index (κ1) is 25.2. The van der Waals surface area contributed by atoms with Gasteiger partial charge in [0.1, 0.15) is 6.07 Å². The standard InChI is InChI=1S/C41H24N4/c42-25-37-34-16-8-9-17-36(34)43-41(44-37)45-38-22-19-28(24-35(38)40-31-13-5-4-12-27(31)18-23-39(40)45)30-21-20-29(26-10-2-1-3-11-26)32-14-6-7-15-33(30)32/h1-24H. The third-order valence-corrected chi connectivity index (χ3v) is 8.87. The second kappa shape index (κ2) is 9.87. The molecule has 0 fully saturated rings. The van der Waals surface area contributed by atoms with E-state index < -0.39 is 0 Å². The third-order valence-electron chi connectivity index (χ3n) is 8.87. The van der Waals surface area contributed by atoms with Gasteiger partial charge in [0.2, 0.25) is 5.95 Å². The average molecular weight is 573 g/mol. The van der Waals surface area contributed by atoms with Crippen molar-refractivity contribution in [1.29, 1.82) is 5.26 Å². The highest BCUT2D eigenvalue weighted by molar-refractivity contribution is 6.22. The number of fused-ring (bicyclic) bond motifs is 7. The Kier molecular flexibility index (Phi) is 5.53. The molecule has 9 rings (SSSR count). The van der Waals surface area contributed by atoms with Gasteiger partial charge in [0, 0.05) is 16.2 Å². The number of aromatic nitrogens is 3. The average Bonchev–Trinajstić information content (AvgIpc) is 3.45. The lowest BCUT2D eigenvalue weighted by Gasteiger charge is -2.13. The van der Waals surface area contributed by atoms with E-state index >= 15 is 0 Å². The van der Waals surface area contributed by atoms with E-state index in [1.807, 2.05) is 24.3 Å². The van der Waals surface area contributed by atoms with Gasteiger partial charge in [-0.3, -0.25) is 4.57 Å². The van der Waals surface area contributed by atoms with E-state index in [0.29, 0.717) is 11.6 Å². The number of benzene rings is 7. The van der Waals surface area contributed by atoms with Crippen LogP contribution in [-0.4, -0.2) is 14.5 Å². The van der Waals surface area contributed by atoms with Crippen LogP contribution in [0.15, 0.2) is 146 Å². The maximum Gasteiger partial charge on any atom is 0.236 e. The van der Waals surface area contributed by atoms with Gasteiger partial charge in [-0.15, -0.1) is 0 Å². The maximum absolute atomic E-state index is 10.0. The Morgan fingerprint density at radius 1 is 0.489 bits per heavy atom. The monoisotopic (exact) mass is 572 g/mol. The lowest BCUT2D eigenvalue weighted by molar-refractivity contribution is 1.00. The molecule has 2 aromatic heterocycles. The topological polar surface area (TPSA) is 54.5 Å². The molecule has 0 N–H and O–H groups in total. The van der Waals surface area contributed by atoms with Crippen LogP contribution in [0.1, 0.15) is 5.69 Å². The summed E-state index contributed by atoms with van der Waals surface area (Å²) in [6.07, 6.45) is 0. The molecule has 0 aliphatic rings. The van der Waals surface area contributed by atoms with Crippen LogP contribution in [0, 0.1) is 11.3 Å². The molecule has 0 amide bonds. The normalized spacial score (nSPS) is 11.5. The van der Waals surface area contributed by atoms with Crippen LogP contribution in [0.5, 0.6) is 0 Å². The zero-order valence-corrected chi connectivity index (χ0v) is 24.1. The molecule has 0 saturated heterocycles. The van der Waals surface area contributed by atoms with Crippen molar-refractivity contribution in [2.45, 2.75) is 0 Å². The highest BCUT2D eigenvalue weighted by Gasteiger charge is 2.19. The highest BCUT2D eigenvalue weighted by Crippen LogP contribution is 2.41. The number of nitrogens with zero attached hydrogens (tertiary/aromatic N) is 4. The van der Waals surface area contributed by atoms with Gasteiger partial charge in [-0.1, -0.05) is 115 Å². The Balaban J connectivity index is 1.35. The maximum atomic E-state index is 10.0. The molecule has 4 nitrogen and oxygen atoms in total. The molecule has 0 aliphatic heterocycles. The van der Waals surface area contributed by atoms with Gasteiger partial charge < -0.3 is 0 Å². The number of rotatable bonds is 3. The summed E-state index contributed by atoms with van der Waals surface area (Å²) < 4.78 is 2.10. The predicted octanol–water partition coefficient (Wildman–Crippen LogP) is 10.2. The van der Waals surface area contributed by atoms with Crippen molar-refractivity contribution in [2.75, 3.05) is 0 Å². The summed E-state index contributed by atoms with van der Waals surface area (Å²) in [4.78, 5) is 9.76. The van der Waals surface area contributed by atoms with Gasteiger partial charge in [0.15, 0.2) is 5.69 Å². The largest absolute Gasteiger partial charge is 0.278 e. The second-order valence-electron chi connectivity index (χ2n) is 11.3. The smallest absolute Gasteiger partial charge is 0.236 e. The summed E-state index contributed by atoms with van der Waals surface area (Å²) in [5.41, 5.74) is 7.87. The molecule has 9 aromatic rings. The summed E-state index contributed by atoms with van der Waals surface area (Å²) in [6.45, 7) is 0. The number of nitriles is 1. The van der Waals surface area contributed by atoms with Crippen LogP contribution in [0.4, 0.5) is 0 Å². The fraction of sp³-hybridized carbons (Fsp3) is 0. The number of hydrogen-bond donors (Lipinski definition) is 0. The van der Waals surface area contributed by atoms with Crippen molar-refractivity contribution in [3.63, 3.8) is 0 Å². The molecule has 2 heterocycles. The molecular formula is C41H24N4. The fourth-order valence-electron chi connectivity index (χ4n) is 6.84. The minimum atomic E-state index is 0.369. The quantitative estimate of drug-likeness (QED) is 0.212. The van der Waals surface area contributed by atoms with Gasteiger partial charge >= 0.3 is 0 Å². The Morgan fingerprint density at radius 3 is 1.91 bits per heavy atom. The van der Waals surface area contributed by atoms with E-state index in [-0.39, 0.29) is 0 Å². The van der Waals surface area contributed by atoms with Crippen LogP contribution >= 0.6 is 0 Å². The molecule has 208 valence electrons. The zero-order valence-electron chi connectivity index (χ0n) is 24.1. The van der Waals surface area contributed by atoms with Crippen molar-refractivity contribution in [2.24, 2.45) is 0 Å². The first-order chi connectivity index (χ1) is 22.3. The molecular weight excluding hydrogens is 548 g/mol. The van der Waals surface area contributed by atoms with Gasteiger partial charge in [-0.25, -0.2) is 9.97 Å². The first-order valence-corrected chi connectivity index (χ1v) is 15.0. The molecule has 0 spiro atoms. The van der Waals surface area contributed by atoms with E-state index in [9.17, 15) is 5.26 Å². The van der Waals surface area contributed by atoms with Crippen LogP contribution in [0.25, 0.3) is 82.5 Å². The van der Waals surface area contributed by atoms with E-state index in [1.54, 1.807) is 0 Å². The number of para-hydroxylation sites is 1. The fourth-order valence-corrected chi connectivity index (χ4v) is 6.84. The van der Waals surface area contributed by atoms with Gasteiger partial charge in [-0.05, 0) is 74.1 Å². The predicted molar refractivity (Wildman–Crippen MR) is 184 cm³/mol. The van der Waals surface area contributed by atoms with Crippen LogP contribution in [-0.2, 0) is 0 Å². The van der Waals surface area contributed by atoms with Crippen molar-refractivity contribution in [3.8, 4) is 34.3 Å². The summed E-state index contributed by atoms with van der Waals surface area (Å²) in [5, 5.41) is 17.8. The lowest BCUT2D eigenvalue weighted by Crippen LogP contribution is -2.03. The minimum Gasteiger partial charge on any atom is -0.278 e. The van der Waals surface area contributed by atoms with Crippen molar-refractivity contribution < 1.29 is 0 Å². The van der Waals surface area contributed by atoms with E-state index in [1.165, 1.54) is 38.2 Å². The van der Waals surface area contributed by atoms with E-state index in [2.05, 4.69) is 132 Å². The number of hydrogen-bond acceptors (Lipinski definition) is 3. The molecule has 0 unspecified atom stereocenters. The molecule has 0 bridgehead atoms. The summed E-state index contributed by atoms with van der Waals surface area (Å²) in [5.74, 6) is 0.492. The van der Waals surface area contributed by atoms with Crippen LogP contribution in [0.2, 0.25) is 0 Å². The summed E-state index contributed by atoms with van der Waals surface area (Å²) in [7, 11) is 0. The molecule has 4 heteroatoms. The van der Waals surface area contributed by atoms with Crippen LogP contribution < -0.4 is 0 Å². The highest BCUT2D eigenvalue weighted by atomic mass is 15.2. The van der Waals surface area contributed by atoms with Gasteiger partial charge in [0.25, 0.3) is 0 Å². The summed E-state index contributed by atoms with van der Waals surface area (Å²) in [6, 6.07) is 53.1. The second-order valence-corrected chi connectivity index (χ2v) is 11.3. The molecule has 45 heavy (non-hydrogen) atoms. The Labute approximate surface area is 259 Å². The zero-order chi connectivity index (χ0) is 29.9. The van der Waals surface area contributed by atoms with Gasteiger partial charge in [0.05, 0.1) is 16.6 Å². The molecule has 0 saturated carbocycles. The van der Waals surface area contributed by atoms with E-state index in [4.69, 9.17) is 9.97 Å². The van der Waals surface area contributed by atoms with Crippen LogP contribution in [0.3, 0.4) is 0 Å². The Bertz CT molecular complexity index is 2660. The van der Waals surface area contributed by atoms with E-state index in [0.717, 1.165) is 38.3 Å². The lowest BCUT2D eigenvalue weighted by atomic mass is 9.91. The van der Waals surface area contributed by atoms with Crippen molar-refractivity contribution in [1.82, 2.24) is 14.5 Å². The van der Waals surface area contributed by atoms with Gasteiger partial charge in [-0.2, -0.15) is 5.26 Å². The van der Waals surface area contributed by atoms with Crippen molar-refractivity contribution in [3.05, 3.63) is 151 Å². The molecule has 0 aliphatic carbocycles. The minimum absolute atomic E-state index is 0.369. The SMILES string of the molecule is N#Cc1nc(-n2c3ccc(-c4ccc(-c5ccccc5)c5ccccc45)cc3c3c4ccccc4ccc32)nc2ccccc12. The first-order valence-electron chi connectivity index (χ1n) is 15.0. The molecule has 7 aromatic carbocycles.